The molecule has 2 N–H and O–H groups in total. The number of nitrogens with one attached hydrogen (secondary N) is 1. The van der Waals surface area contributed by atoms with Crippen molar-refractivity contribution < 1.29 is 24.2 Å². The summed E-state index contributed by atoms with van der Waals surface area (Å²) in [6, 6.07) is 15.3. The first-order chi connectivity index (χ1) is 14.8. The second kappa shape index (κ2) is 8.06. The Labute approximate surface area is 181 Å². The van der Waals surface area contributed by atoms with Crippen molar-refractivity contribution in [3.05, 3.63) is 59.7 Å². The van der Waals surface area contributed by atoms with Crippen LogP contribution in [0, 0.1) is 0 Å². The van der Waals surface area contributed by atoms with Crippen molar-refractivity contribution in [1.29, 1.82) is 0 Å². The van der Waals surface area contributed by atoms with Crippen molar-refractivity contribution in [2.45, 2.75) is 43.7 Å². The highest BCUT2D eigenvalue weighted by Gasteiger charge is 2.47. The van der Waals surface area contributed by atoms with Gasteiger partial charge in [-0.1, -0.05) is 48.5 Å². The number of amides is 2. The van der Waals surface area contributed by atoms with E-state index in [1.54, 1.807) is 0 Å². The Morgan fingerprint density at radius 3 is 2.16 bits per heavy atom. The molecule has 4 rings (SSSR count). The van der Waals surface area contributed by atoms with Crippen LogP contribution in [0.4, 0.5) is 4.79 Å². The summed E-state index contributed by atoms with van der Waals surface area (Å²) >= 11 is 0. The van der Waals surface area contributed by atoms with E-state index in [0.717, 1.165) is 22.3 Å². The van der Waals surface area contributed by atoms with Gasteiger partial charge >= 0.3 is 12.1 Å². The van der Waals surface area contributed by atoms with Gasteiger partial charge in [-0.15, -0.1) is 0 Å². The van der Waals surface area contributed by atoms with Crippen LogP contribution >= 0.6 is 0 Å². The maximum absolute atomic E-state index is 12.5. The monoisotopic (exact) mass is 422 g/mol. The molecule has 1 fully saturated rings. The lowest BCUT2D eigenvalue weighted by Gasteiger charge is -2.25. The third kappa shape index (κ3) is 4.13. The van der Waals surface area contributed by atoms with Gasteiger partial charge in [-0.2, -0.15) is 0 Å². The largest absolute Gasteiger partial charge is 0.480 e. The lowest BCUT2D eigenvalue weighted by molar-refractivity contribution is -0.148. The first-order valence-corrected chi connectivity index (χ1v) is 10.4. The highest BCUT2D eigenvalue weighted by molar-refractivity contribution is 5.85. The number of benzene rings is 2. The molecule has 2 aliphatic carbocycles. The zero-order valence-electron chi connectivity index (χ0n) is 17.6. The van der Waals surface area contributed by atoms with E-state index >= 15 is 0 Å². The third-order valence-electron chi connectivity index (χ3n) is 6.39. The second-order valence-corrected chi connectivity index (χ2v) is 8.43. The quantitative estimate of drug-likeness (QED) is 0.713. The lowest BCUT2D eigenvalue weighted by atomic mass is 9.98. The Kier molecular flexibility index (Phi) is 5.43. The van der Waals surface area contributed by atoms with E-state index in [4.69, 9.17) is 9.84 Å². The number of nitrogens with zero attached hydrogens (tertiary/aromatic N) is 1. The number of carbonyl (C=O) groups excluding carboxylic acids is 2. The molecule has 0 heterocycles. The highest BCUT2D eigenvalue weighted by Crippen LogP contribution is 2.44. The zero-order valence-corrected chi connectivity index (χ0v) is 17.6. The molecule has 31 heavy (non-hydrogen) atoms. The van der Waals surface area contributed by atoms with Crippen molar-refractivity contribution in [3.63, 3.8) is 0 Å². The summed E-state index contributed by atoms with van der Waals surface area (Å²) in [6.45, 7) is 1.67. The predicted octanol–water partition coefficient (Wildman–Crippen LogP) is 3.38. The minimum atomic E-state index is -1.06. The molecule has 7 heteroatoms. The number of rotatable bonds is 7. The predicted molar refractivity (Wildman–Crippen MR) is 115 cm³/mol. The van der Waals surface area contributed by atoms with Crippen molar-refractivity contribution >= 4 is 18.0 Å². The number of carbonyl (C=O) groups is 3. The molecule has 0 aromatic heterocycles. The smallest absolute Gasteiger partial charge is 0.407 e. The van der Waals surface area contributed by atoms with Gasteiger partial charge in [-0.25, -0.2) is 9.59 Å². The number of fused-ring (bicyclic) bond motifs is 3. The van der Waals surface area contributed by atoms with Crippen molar-refractivity contribution in [3.8, 4) is 11.1 Å². The Balaban J connectivity index is 1.37. The molecule has 0 spiro atoms. The summed E-state index contributed by atoms with van der Waals surface area (Å²) in [7, 11) is 1.46. The molecule has 1 atom stereocenters. The van der Waals surface area contributed by atoms with Gasteiger partial charge in [-0.05, 0) is 42.0 Å². The van der Waals surface area contributed by atoms with E-state index in [1.807, 2.05) is 24.3 Å². The highest BCUT2D eigenvalue weighted by atomic mass is 16.5. The van der Waals surface area contributed by atoms with Gasteiger partial charge in [0.25, 0.3) is 0 Å². The molecular formula is C24H26N2O5. The lowest BCUT2D eigenvalue weighted by Crippen LogP contribution is -2.45. The van der Waals surface area contributed by atoms with Gasteiger partial charge in [0.2, 0.25) is 5.91 Å². The normalized spacial score (nSPS) is 16.6. The van der Waals surface area contributed by atoms with Crippen LogP contribution in [-0.4, -0.2) is 53.2 Å². The fourth-order valence-electron chi connectivity index (χ4n) is 4.14. The van der Waals surface area contributed by atoms with E-state index < -0.39 is 23.6 Å². The van der Waals surface area contributed by atoms with Crippen LogP contribution in [-0.2, 0) is 14.3 Å². The third-order valence-corrected chi connectivity index (χ3v) is 6.39. The van der Waals surface area contributed by atoms with E-state index in [-0.39, 0.29) is 24.9 Å². The van der Waals surface area contributed by atoms with Crippen LogP contribution < -0.4 is 5.32 Å². The molecule has 0 bridgehead atoms. The maximum Gasteiger partial charge on any atom is 0.407 e. The van der Waals surface area contributed by atoms with Crippen molar-refractivity contribution in [1.82, 2.24) is 10.2 Å². The average Bonchev–Trinajstić information content (AvgIpc) is 3.43. The van der Waals surface area contributed by atoms with Gasteiger partial charge < -0.3 is 20.1 Å². The van der Waals surface area contributed by atoms with E-state index in [9.17, 15) is 14.4 Å². The second-order valence-electron chi connectivity index (χ2n) is 8.43. The summed E-state index contributed by atoms with van der Waals surface area (Å²) in [5.41, 5.74) is 3.94. The molecular weight excluding hydrogens is 396 g/mol. The molecule has 2 aromatic rings. The molecule has 0 radical (unpaired) electrons. The van der Waals surface area contributed by atoms with Crippen LogP contribution in [0.25, 0.3) is 11.1 Å². The fraction of sp³-hybridized carbons (Fsp3) is 0.375. The Hall–Kier alpha value is -3.35. The number of likely N-dealkylation sites (N-methyl/N-ethyl adjacent to an activating group) is 1. The fourth-order valence-corrected chi connectivity index (χ4v) is 4.14. The minimum absolute atomic E-state index is 0.0301. The molecule has 7 nitrogen and oxygen atoms in total. The summed E-state index contributed by atoms with van der Waals surface area (Å²) in [6.07, 6.45) is 0.836. The minimum Gasteiger partial charge on any atom is -0.480 e. The van der Waals surface area contributed by atoms with Crippen LogP contribution in [0.5, 0.6) is 0 Å². The zero-order chi connectivity index (χ0) is 22.2. The first-order valence-electron chi connectivity index (χ1n) is 10.4. The molecule has 0 aliphatic heterocycles. The Morgan fingerprint density at radius 2 is 1.65 bits per heavy atom. The topological polar surface area (TPSA) is 95.9 Å². The van der Waals surface area contributed by atoms with Gasteiger partial charge in [-0.3, -0.25) is 4.79 Å². The van der Waals surface area contributed by atoms with E-state index in [1.165, 1.54) is 18.9 Å². The Bertz CT molecular complexity index is 985. The summed E-state index contributed by atoms with van der Waals surface area (Å²) in [5.74, 6) is -1.41. The van der Waals surface area contributed by atoms with Gasteiger partial charge in [0.15, 0.2) is 0 Å². The first kappa shape index (κ1) is 20.9. The molecule has 2 amide bonds. The van der Waals surface area contributed by atoms with Gasteiger partial charge in [0, 0.05) is 13.0 Å². The van der Waals surface area contributed by atoms with Crippen molar-refractivity contribution in [2.75, 3.05) is 13.7 Å². The number of alkyl carbamates (subject to hydrolysis) is 1. The number of carboxylic acids is 1. The molecule has 2 aliphatic rings. The number of ether oxygens (including phenoxy) is 1. The van der Waals surface area contributed by atoms with Crippen LogP contribution in [0.15, 0.2) is 48.5 Å². The molecule has 1 unspecified atom stereocenters. The SMILES string of the molecule is CC(C(=O)O)N(C)C(=O)CC1(NC(=O)OCC2c3ccccc3-c3ccccc32)CC1. The standard InChI is InChI=1S/C24H26N2O5/c1-15(22(28)29)26(2)21(27)13-24(11-12-24)25-23(30)31-14-20-18-9-5-3-7-16(18)17-8-4-6-10-19(17)20/h3-10,15,20H,11-14H2,1-2H3,(H,25,30)(H,28,29). The van der Waals surface area contributed by atoms with E-state index in [0.29, 0.717) is 12.8 Å². The molecule has 0 saturated heterocycles. The van der Waals surface area contributed by atoms with Gasteiger partial charge in [0.1, 0.15) is 12.6 Å². The van der Waals surface area contributed by atoms with Crippen LogP contribution in [0.3, 0.4) is 0 Å². The number of hydrogen-bond donors (Lipinski definition) is 2. The number of aliphatic carboxylic acids is 1. The summed E-state index contributed by atoms with van der Waals surface area (Å²) < 4.78 is 5.57. The molecule has 1 saturated carbocycles. The van der Waals surface area contributed by atoms with Crippen LogP contribution in [0.1, 0.15) is 43.2 Å². The average molecular weight is 422 g/mol. The maximum atomic E-state index is 12.5. The van der Waals surface area contributed by atoms with Gasteiger partial charge in [0.05, 0.1) is 12.0 Å². The molecule has 2 aromatic carbocycles. The van der Waals surface area contributed by atoms with Crippen LogP contribution in [0.2, 0.25) is 0 Å². The molecule has 162 valence electrons. The van der Waals surface area contributed by atoms with E-state index in [2.05, 4.69) is 29.6 Å². The number of hydrogen-bond acceptors (Lipinski definition) is 4. The van der Waals surface area contributed by atoms with Crippen molar-refractivity contribution in [2.24, 2.45) is 0 Å². The Morgan fingerprint density at radius 1 is 1.10 bits per heavy atom. The summed E-state index contributed by atoms with van der Waals surface area (Å²) in [5, 5.41) is 11.9. The number of carboxylic acid groups (broad SMARTS) is 1. The summed E-state index contributed by atoms with van der Waals surface area (Å²) in [4.78, 5) is 37.3.